The molecule has 0 rings (SSSR count). The Morgan fingerprint density at radius 2 is 1.27 bits per heavy atom. The quantitative estimate of drug-likeness (QED) is 0.399. The predicted octanol–water partition coefficient (Wildman–Crippen LogP) is -2.02. The monoisotopic (exact) mass is 147 g/mol. The molecule has 0 heterocycles. The first-order valence-electron chi connectivity index (χ1n) is 2.27. The summed E-state index contributed by atoms with van der Waals surface area (Å²) in [7, 11) is 0. The number of aliphatic carboxylic acids is 2. The molecule has 0 spiro atoms. The molecule has 0 aromatic heterocycles. The molecule has 0 fully saturated rings. The fourth-order valence-electron chi connectivity index (χ4n) is 0.276. The molecule has 2 radical (unpaired) electrons. The summed E-state index contributed by atoms with van der Waals surface area (Å²) in [6, 6.07) is 0. The molecule has 0 bridgehead atoms. The Morgan fingerprint density at radius 1 is 1.00 bits per heavy atom. The molecule has 7 heteroatoms. The van der Waals surface area contributed by atoms with Gasteiger partial charge in [0.15, 0.2) is 0 Å². The molecule has 3 N–H and O–H groups in total. The molecule has 0 saturated carbocycles. The summed E-state index contributed by atoms with van der Waals surface area (Å²) in [4.78, 5) is 19.5. The van der Waals surface area contributed by atoms with Crippen molar-refractivity contribution >= 4 is 49.7 Å². The van der Waals surface area contributed by atoms with Crippen LogP contribution in [0.1, 0.15) is 0 Å². The van der Waals surface area contributed by atoms with E-state index in [9.17, 15) is 9.59 Å². The summed E-state index contributed by atoms with van der Waals surface area (Å²) in [5.74, 6) is -2.12. The number of hydrogen-bond acceptors (Lipinski definition) is 3. The standard InChI is InChI=1S/C4H7NO4.2Li/c6-3(7)1-5-2-4(8)9;;/h5H,1-2H2,(H,6,7)(H,8,9);;. The van der Waals surface area contributed by atoms with Gasteiger partial charge in [-0.2, -0.15) is 0 Å². The van der Waals surface area contributed by atoms with Crippen molar-refractivity contribution < 1.29 is 19.8 Å². The molecule has 11 heavy (non-hydrogen) atoms. The van der Waals surface area contributed by atoms with Gasteiger partial charge >= 0.3 is 11.9 Å². The van der Waals surface area contributed by atoms with Gasteiger partial charge in [-0.05, 0) is 0 Å². The van der Waals surface area contributed by atoms with Crippen LogP contribution in [0.5, 0.6) is 0 Å². The molecule has 0 aliphatic carbocycles. The molecule has 0 aliphatic heterocycles. The van der Waals surface area contributed by atoms with E-state index in [-0.39, 0.29) is 50.8 Å². The van der Waals surface area contributed by atoms with E-state index in [0.717, 1.165) is 0 Å². The Labute approximate surface area is 87.9 Å². The molecular formula is C4H7Li2NO4. The molecule has 0 aromatic rings. The van der Waals surface area contributed by atoms with Gasteiger partial charge in [0.2, 0.25) is 0 Å². The fourth-order valence-corrected chi connectivity index (χ4v) is 0.276. The van der Waals surface area contributed by atoms with E-state index in [1.807, 2.05) is 0 Å². The second-order valence-electron chi connectivity index (χ2n) is 1.39. The van der Waals surface area contributed by atoms with Gasteiger partial charge in [0.05, 0.1) is 13.1 Å². The predicted molar refractivity (Wildman–Crippen MR) is 39.6 cm³/mol. The Morgan fingerprint density at radius 3 is 1.45 bits per heavy atom. The first kappa shape index (κ1) is 17.3. The number of carboxylic acids is 2. The average molecular weight is 147 g/mol. The average Bonchev–Trinajstić information content (AvgIpc) is 1.63. The van der Waals surface area contributed by atoms with Gasteiger partial charge < -0.3 is 10.2 Å². The zero-order chi connectivity index (χ0) is 7.28. The summed E-state index contributed by atoms with van der Waals surface area (Å²) < 4.78 is 0. The number of rotatable bonds is 4. The van der Waals surface area contributed by atoms with Gasteiger partial charge in [-0.3, -0.25) is 14.9 Å². The summed E-state index contributed by atoms with van der Waals surface area (Å²) in [6.07, 6.45) is 0. The van der Waals surface area contributed by atoms with Crippen LogP contribution >= 0.6 is 0 Å². The Hall–Kier alpha value is 0.0948. The zero-order valence-electron chi connectivity index (χ0n) is 6.63. The summed E-state index contributed by atoms with van der Waals surface area (Å²) in [6.45, 7) is -0.626. The number of carbonyl (C=O) groups is 2. The minimum absolute atomic E-state index is 0. The minimum atomic E-state index is -1.06. The largest absolute Gasteiger partial charge is 0.480 e. The first-order chi connectivity index (χ1) is 4.13. The topological polar surface area (TPSA) is 86.6 Å². The molecule has 0 saturated heterocycles. The van der Waals surface area contributed by atoms with E-state index in [4.69, 9.17) is 10.2 Å². The third-order valence-corrected chi connectivity index (χ3v) is 0.552. The summed E-state index contributed by atoms with van der Waals surface area (Å²) in [5.41, 5.74) is 0. The first-order valence-corrected chi connectivity index (χ1v) is 2.27. The molecule has 0 amide bonds. The van der Waals surface area contributed by atoms with Crippen LogP contribution in [0.2, 0.25) is 0 Å². The van der Waals surface area contributed by atoms with Crippen LogP contribution < -0.4 is 5.32 Å². The normalized spacial score (nSPS) is 7.27. The van der Waals surface area contributed by atoms with Crippen LogP contribution in [-0.4, -0.2) is 73.0 Å². The Bertz CT molecular complexity index is 115. The van der Waals surface area contributed by atoms with Crippen molar-refractivity contribution in [3.63, 3.8) is 0 Å². The summed E-state index contributed by atoms with van der Waals surface area (Å²) in [5, 5.41) is 18.1. The van der Waals surface area contributed by atoms with Crippen molar-refractivity contribution in [2.45, 2.75) is 0 Å². The molecule has 54 valence electrons. The molecule has 0 aromatic carbocycles. The van der Waals surface area contributed by atoms with Crippen LogP contribution in [-0.2, 0) is 9.59 Å². The van der Waals surface area contributed by atoms with Crippen molar-refractivity contribution in [1.82, 2.24) is 5.32 Å². The van der Waals surface area contributed by atoms with Crippen LogP contribution in [0.15, 0.2) is 0 Å². The van der Waals surface area contributed by atoms with Gasteiger partial charge in [0, 0.05) is 37.7 Å². The van der Waals surface area contributed by atoms with Crippen molar-refractivity contribution in [3.05, 3.63) is 0 Å². The van der Waals surface area contributed by atoms with E-state index in [1.165, 1.54) is 0 Å². The smallest absolute Gasteiger partial charge is 0.317 e. The van der Waals surface area contributed by atoms with Crippen LogP contribution in [0.4, 0.5) is 0 Å². The summed E-state index contributed by atoms with van der Waals surface area (Å²) >= 11 is 0. The van der Waals surface area contributed by atoms with E-state index in [0.29, 0.717) is 0 Å². The van der Waals surface area contributed by atoms with Crippen molar-refractivity contribution in [2.24, 2.45) is 0 Å². The van der Waals surface area contributed by atoms with Crippen LogP contribution in [0.25, 0.3) is 0 Å². The van der Waals surface area contributed by atoms with E-state index < -0.39 is 11.9 Å². The SMILES string of the molecule is O=C(O)CNCC(=O)O.[Li].[Li]. The maximum atomic E-state index is 9.73. The van der Waals surface area contributed by atoms with E-state index in [1.54, 1.807) is 0 Å². The van der Waals surface area contributed by atoms with Gasteiger partial charge in [0.25, 0.3) is 0 Å². The molecule has 0 atom stereocenters. The second kappa shape index (κ2) is 10.1. The number of carboxylic acid groups (broad SMARTS) is 2. The van der Waals surface area contributed by atoms with E-state index >= 15 is 0 Å². The fraction of sp³-hybridized carbons (Fsp3) is 0.500. The molecular weight excluding hydrogens is 140 g/mol. The molecule has 0 aliphatic rings. The maximum absolute atomic E-state index is 9.73. The van der Waals surface area contributed by atoms with Gasteiger partial charge in [-0.15, -0.1) is 0 Å². The van der Waals surface area contributed by atoms with Crippen molar-refractivity contribution in [2.75, 3.05) is 13.1 Å². The van der Waals surface area contributed by atoms with Gasteiger partial charge in [-0.25, -0.2) is 0 Å². The Kier molecular flexibility index (Phi) is 15.8. The zero-order valence-corrected chi connectivity index (χ0v) is 6.63. The van der Waals surface area contributed by atoms with Crippen LogP contribution in [0, 0.1) is 0 Å². The third-order valence-electron chi connectivity index (χ3n) is 0.552. The molecule has 5 nitrogen and oxygen atoms in total. The maximum Gasteiger partial charge on any atom is 0.317 e. The minimum Gasteiger partial charge on any atom is -0.480 e. The van der Waals surface area contributed by atoms with Gasteiger partial charge in [-0.1, -0.05) is 0 Å². The second-order valence-corrected chi connectivity index (χ2v) is 1.39. The van der Waals surface area contributed by atoms with Crippen LogP contribution in [0.3, 0.4) is 0 Å². The Balaban J connectivity index is -0.000000320. The molecule has 0 unspecified atom stereocenters. The van der Waals surface area contributed by atoms with Gasteiger partial charge in [0.1, 0.15) is 0 Å². The number of hydrogen-bond donors (Lipinski definition) is 3. The van der Waals surface area contributed by atoms with Crippen molar-refractivity contribution in [1.29, 1.82) is 0 Å². The van der Waals surface area contributed by atoms with E-state index in [2.05, 4.69) is 5.32 Å². The van der Waals surface area contributed by atoms with Crippen molar-refractivity contribution in [3.8, 4) is 0 Å². The number of nitrogens with one attached hydrogen (secondary N) is 1. The third kappa shape index (κ3) is 17.8.